The maximum Gasteiger partial charge on any atom is 0.258 e. The average Bonchev–Trinajstić information content (AvgIpc) is 2.48. The van der Waals surface area contributed by atoms with Gasteiger partial charge in [0, 0.05) is 28.9 Å². The molecule has 3 rings (SSSR count). The Morgan fingerprint density at radius 3 is 2.81 bits per heavy atom. The largest absolute Gasteiger partial charge is 0.326 e. The summed E-state index contributed by atoms with van der Waals surface area (Å²) in [5.74, 6) is -0.0439. The third kappa shape index (κ3) is 2.55. The van der Waals surface area contributed by atoms with Crippen LogP contribution in [0.1, 0.15) is 21.5 Å². The summed E-state index contributed by atoms with van der Waals surface area (Å²) in [6.07, 6.45) is 0.800. The van der Waals surface area contributed by atoms with E-state index in [1.165, 1.54) is 0 Å². The first-order chi connectivity index (χ1) is 10.1. The Balaban J connectivity index is 2.04. The van der Waals surface area contributed by atoms with Crippen molar-refractivity contribution >= 4 is 23.2 Å². The quantitative estimate of drug-likeness (QED) is 0.879. The SMILES string of the molecule is Cc1c(Cl)cccc1C(=O)N1CC(N)Cc2ccccc21. The Morgan fingerprint density at radius 2 is 2.00 bits per heavy atom. The van der Waals surface area contributed by atoms with Gasteiger partial charge >= 0.3 is 0 Å². The highest BCUT2D eigenvalue weighted by atomic mass is 35.5. The zero-order chi connectivity index (χ0) is 15.0. The van der Waals surface area contributed by atoms with Crippen LogP contribution in [0.5, 0.6) is 0 Å². The van der Waals surface area contributed by atoms with E-state index in [-0.39, 0.29) is 11.9 Å². The molecular weight excluding hydrogens is 284 g/mol. The molecule has 3 nitrogen and oxygen atoms in total. The molecule has 0 bridgehead atoms. The van der Waals surface area contributed by atoms with Crippen LogP contribution in [0.4, 0.5) is 5.69 Å². The van der Waals surface area contributed by atoms with Gasteiger partial charge in [0.1, 0.15) is 0 Å². The summed E-state index contributed by atoms with van der Waals surface area (Å²) in [6, 6.07) is 13.3. The maximum atomic E-state index is 12.9. The third-order valence-corrected chi connectivity index (χ3v) is 4.33. The number of benzene rings is 2. The molecule has 1 heterocycles. The highest BCUT2D eigenvalue weighted by Crippen LogP contribution is 2.29. The number of hydrogen-bond donors (Lipinski definition) is 1. The van der Waals surface area contributed by atoms with Gasteiger partial charge in [0.25, 0.3) is 5.91 Å². The summed E-state index contributed by atoms with van der Waals surface area (Å²) < 4.78 is 0. The van der Waals surface area contributed by atoms with E-state index in [2.05, 4.69) is 0 Å². The van der Waals surface area contributed by atoms with Crippen molar-refractivity contribution in [2.75, 3.05) is 11.4 Å². The Bertz CT molecular complexity index is 699. The van der Waals surface area contributed by atoms with E-state index < -0.39 is 0 Å². The van der Waals surface area contributed by atoms with E-state index in [9.17, 15) is 4.79 Å². The van der Waals surface area contributed by atoms with Gasteiger partial charge < -0.3 is 10.6 Å². The van der Waals surface area contributed by atoms with Crippen molar-refractivity contribution in [3.05, 3.63) is 64.2 Å². The molecule has 1 amide bonds. The predicted octanol–water partition coefficient (Wildman–Crippen LogP) is 3.18. The second-order valence-electron chi connectivity index (χ2n) is 5.42. The zero-order valence-corrected chi connectivity index (χ0v) is 12.6. The van der Waals surface area contributed by atoms with Crippen molar-refractivity contribution in [1.82, 2.24) is 0 Å². The molecule has 1 unspecified atom stereocenters. The molecular formula is C17H17ClN2O. The summed E-state index contributed by atoms with van der Waals surface area (Å²) in [5, 5.41) is 0.607. The number of fused-ring (bicyclic) bond motifs is 1. The lowest BCUT2D eigenvalue weighted by atomic mass is 9.97. The van der Waals surface area contributed by atoms with Crippen LogP contribution >= 0.6 is 11.6 Å². The molecule has 4 heteroatoms. The molecule has 1 aliphatic heterocycles. The molecule has 0 saturated heterocycles. The molecule has 0 spiro atoms. The van der Waals surface area contributed by atoms with E-state index in [0.717, 1.165) is 23.2 Å². The Kier molecular flexibility index (Phi) is 3.70. The van der Waals surface area contributed by atoms with Crippen LogP contribution in [-0.4, -0.2) is 18.5 Å². The lowest BCUT2D eigenvalue weighted by Crippen LogP contribution is -2.46. The van der Waals surface area contributed by atoms with Crippen LogP contribution in [0.15, 0.2) is 42.5 Å². The van der Waals surface area contributed by atoms with E-state index in [4.69, 9.17) is 17.3 Å². The van der Waals surface area contributed by atoms with Crippen LogP contribution in [0, 0.1) is 6.92 Å². The Hall–Kier alpha value is -1.84. The number of nitrogens with two attached hydrogens (primary N) is 1. The summed E-state index contributed by atoms with van der Waals surface area (Å²) in [4.78, 5) is 14.7. The van der Waals surface area contributed by atoms with E-state index in [0.29, 0.717) is 17.1 Å². The smallest absolute Gasteiger partial charge is 0.258 e. The molecule has 0 saturated carbocycles. The van der Waals surface area contributed by atoms with Gasteiger partial charge in [0.2, 0.25) is 0 Å². The van der Waals surface area contributed by atoms with Crippen molar-refractivity contribution in [1.29, 1.82) is 0 Å². The Morgan fingerprint density at radius 1 is 1.24 bits per heavy atom. The fourth-order valence-corrected chi connectivity index (χ4v) is 2.98. The molecule has 2 N–H and O–H groups in total. The first-order valence-corrected chi connectivity index (χ1v) is 7.36. The topological polar surface area (TPSA) is 46.3 Å². The first kappa shape index (κ1) is 14.1. The molecule has 108 valence electrons. The van der Waals surface area contributed by atoms with E-state index in [1.807, 2.05) is 37.3 Å². The summed E-state index contributed by atoms with van der Waals surface area (Å²) in [7, 11) is 0. The van der Waals surface area contributed by atoms with Crippen molar-refractivity contribution < 1.29 is 4.79 Å². The van der Waals surface area contributed by atoms with Crippen molar-refractivity contribution in [3.63, 3.8) is 0 Å². The van der Waals surface area contributed by atoms with Crippen LogP contribution in [0.3, 0.4) is 0 Å². The number of amides is 1. The monoisotopic (exact) mass is 300 g/mol. The van der Waals surface area contributed by atoms with E-state index >= 15 is 0 Å². The first-order valence-electron chi connectivity index (χ1n) is 6.98. The van der Waals surface area contributed by atoms with Crippen molar-refractivity contribution in [2.24, 2.45) is 5.73 Å². The summed E-state index contributed by atoms with van der Waals surface area (Å²) >= 11 is 6.13. The number of hydrogen-bond acceptors (Lipinski definition) is 2. The molecule has 1 aliphatic rings. The fraction of sp³-hybridized carbons (Fsp3) is 0.235. The molecule has 0 fully saturated rings. The molecule has 2 aromatic carbocycles. The number of rotatable bonds is 1. The van der Waals surface area contributed by atoms with Crippen LogP contribution in [0.2, 0.25) is 5.02 Å². The summed E-state index contributed by atoms with van der Waals surface area (Å²) in [5.41, 5.74) is 9.60. The fourth-order valence-electron chi connectivity index (χ4n) is 2.80. The molecule has 2 aromatic rings. The van der Waals surface area contributed by atoms with Crippen LogP contribution < -0.4 is 10.6 Å². The predicted molar refractivity (Wildman–Crippen MR) is 86.0 cm³/mol. The number of halogens is 1. The van der Waals surface area contributed by atoms with Crippen LogP contribution in [-0.2, 0) is 6.42 Å². The summed E-state index contributed by atoms with van der Waals surface area (Å²) in [6.45, 7) is 2.40. The van der Waals surface area contributed by atoms with Crippen molar-refractivity contribution in [3.8, 4) is 0 Å². The minimum absolute atomic E-state index is 0.0386. The number of nitrogens with zero attached hydrogens (tertiary/aromatic N) is 1. The normalized spacial score (nSPS) is 17.5. The van der Waals surface area contributed by atoms with Gasteiger partial charge in [-0.2, -0.15) is 0 Å². The van der Waals surface area contributed by atoms with E-state index in [1.54, 1.807) is 17.0 Å². The number of anilines is 1. The number of para-hydroxylation sites is 1. The second-order valence-corrected chi connectivity index (χ2v) is 5.83. The van der Waals surface area contributed by atoms with Gasteiger partial charge in [-0.15, -0.1) is 0 Å². The van der Waals surface area contributed by atoms with Gasteiger partial charge in [0.15, 0.2) is 0 Å². The standard InChI is InChI=1S/C17H17ClN2O/c1-11-14(6-4-7-15(11)18)17(21)20-10-13(19)9-12-5-2-3-8-16(12)20/h2-8,13H,9-10,19H2,1H3. The number of carbonyl (C=O) groups excluding carboxylic acids is 1. The van der Waals surface area contributed by atoms with Gasteiger partial charge in [-0.05, 0) is 42.7 Å². The van der Waals surface area contributed by atoms with Crippen molar-refractivity contribution in [2.45, 2.75) is 19.4 Å². The lowest BCUT2D eigenvalue weighted by molar-refractivity contribution is 0.0983. The van der Waals surface area contributed by atoms with Gasteiger partial charge in [-0.1, -0.05) is 35.9 Å². The highest BCUT2D eigenvalue weighted by Gasteiger charge is 2.28. The lowest BCUT2D eigenvalue weighted by Gasteiger charge is -2.33. The molecule has 0 aromatic heterocycles. The minimum Gasteiger partial charge on any atom is -0.326 e. The van der Waals surface area contributed by atoms with Gasteiger partial charge in [-0.3, -0.25) is 4.79 Å². The Labute approximate surface area is 129 Å². The highest BCUT2D eigenvalue weighted by molar-refractivity contribution is 6.32. The minimum atomic E-state index is -0.0439. The maximum absolute atomic E-state index is 12.9. The van der Waals surface area contributed by atoms with Crippen LogP contribution in [0.25, 0.3) is 0 Å². The second kappa shape index (κ2) is 5.51. The molecule has 0 radical (unpaired) electrons. The molecule has 0 aliphatic carbocycles. The average molecular weight is 301 g/mol. The van der Waals surface area contributed by atoms with Gasteiger partial charge in [-0.25, -0.2) is 0 Å². The molecule has 1 atom stereocenters. The molecule has 21 heavy (non-hydrogen) atoms. The number of carbonyl (C=O) groups is 1. The zero-order valence-electron chi connectivity index (χ0n) is 11.8. The third-order valence-electron chi connectivity index (χ3n) is 3.92. The van der Waals surface area contributed by atoms with Gasteiger partial charge in [0.05, 0.1) is 0 Å².